The van der Waals surface area contributed by atoms with Gasteiger partial charge in [-0.3, -0.25) is 5.32 Å². The SMILES string of the molecule is [CH]C(NC(=[O+])C(C)N)C(=O)O. The fraction of sp³-hybridized carbons (Fsp3) is 0.500. The van der Waals surface area contributed by atoms with Gasteiger partial charge in [-0.15, -0.1) is 0 Å². The zero-order chi connectivity index (χ0) is 9.02. The van der Waals surface area contributed by atoms with Gasteiger partial charge in [-0.2, -0.15) is 0 Å². The van der Waals surface area contributed by atoms with E-state index in [0.717, 1.165) is 0 Å². The van der Waals surface area contributed by atoms with Gasteiger partial charge in [-0.25, -0.2) is 4.79 Å². The first-order valence-corrected chi connectivity index (χ1v) is 2.99. The Morgan fingerprint density at radius 3 is 2.55 bits per heavy atom. The molecule has 61 valence electrons. The summed E-state index contributed by atoms with van der Waals surface area (Å²) in [5.41, 5.74) is 5.12. The number of carboxylic acids is 1. The van der Waals surface area contributed by atoms with Crippen molar-refractivity contribution in [3.8, 4) is 0 Å². The highest BCUT2D eigenvalue weighted by atomic mass is 16.4. The highest BCUT2D eigenvalue weighted by Gasteiger charge is 2.26. The van der Waals surface area contributed by atoms with Crippen molar-refractivity contribution in [1.29, 1.82) is 0 Å². The molecule has 1 amide bonds. The first kappa shape index (κ1) is 9.90. The number of aliphatic carboxylic acids is 1. The highest BCUT2D eigenvalue weighted by molar-refractivity contribution is 5.86. The summed E-state index contributed by atoms with van der Waals surface area (Å²) in [6.45, 7) is 6.40. The maximum atomic E-state index is 10.7. The molecular weight excluding hydrogens is 148 g/mol. The minimum atomic E-state index is -1.38. The molecule has 0 bridgehead atoms. The number of rotatable bonds is 3. The number of hydrogen-bond donors (Lipinski definition) is 3. The lowest BCUT2D eigenvalue weighted by Gasteiger charge is -2.02. The van der Waals surface area contributed by atoms with Gasteiger partial charge in [0.1, 0.15) is 6.04 Å². The molecular formula is C6H10N2O3+. The van der Waals surface area contributed by atoms with E-state index in [9.17, 15) is 9.59 Å². The van der Waals surface area contributed by atoms with Crippen LogP contribution in [0.4, 0.5) is 0 Å². The number of carboxylic acid groups (broad SMARTS) is 1. The molecule has 2 atom stereocenters. The van der Waals surface area contributed by atoms with Crippen molar-refractivity contribution in [1.82, 2.24) is 5.32 Å². The standard InChI is InChI=1S/C6H10N2O3/c1-3(7)5(9)8-4(2)6(10)11/h2-4,8H,7H2,1H3,(H,10,11)/q+1. The number of nitrogens with two attached hydrogens (primary N) is 1. The Hall–Kier alpha value is -1.10. The second kappa shape index (κ2) is 3.92. The lowest BCUT2D eigenvalue weighted by Crippen LogP contribution is -2.45. The molecule has 0 saturated carbocycles. The molecule has 5 heteroatoms. The molecule has 0 rings (SSSR count). The van der Waals surface area contributed by atoms with Crippen LogP contribution in [0.25, 0.3) is 0 Å². The Morgan fingerprint density at radius 2 is 2.27 bits per heavy atom. The lowest BCUT2D eigenvalue weighted by molar-refractivity contribution is -0.140. The first-order chi connectivity index (χ1) is 4.95. The third-order valence-corrected chi connectivity index (χ3v) is 0.977. The molecule has 2 unspecified atom stereocenters. The molecule has 0 fully saturated rings. The van der Waals surface area contributed by atoms with Crippen LogP contribution in [0.3, 0.4) is 0 Å². The molecule has 0 aromatic heterocycles. The molecule has 4 N–H and O–H groups in total. The average Bonchev–Trinajstić information content (AvgIpc) is 1.87. The van der Waals surface area contributed by atoms with Crippen molar-refractivity contribution in [3.63, 3.8) is 0 Å². The third-order valence-electron chi connectivity index (χ3n) is 0.977. The summed E-state index contributed by atoms with van der Waals surface area (Å²) < 4.78 is 0. The summed E-state index contributed by atoms with van der Waals surface area (Å²) in [6.07, 6.45) is 0. The van der Waals surface area contributed by atoms with E-state index in [2.05, 4.69) is 0 Å². The number of carbonyl (C=O) groups excluding carboxylic acids is 1. The highest BCUT2D eigenvalue weighted by Crippen LogP contribution is 1.82. The van der Waals surface area contributed by atoms with E-state index in [1.54, 1.807) is 0 Å². The summed E-state index contributed by atoms with van der Waals surface area (Å²) in [7, 11) is 0. The Bertz CT molecular complexity index is 167. The van der Waals surface area contributed by atoms with Crippen LogP contribution < -0.4 is 11.1 Å². The number of hydrogen-bond acceptors (Lipinski definition) is 3. The first-order valence-electron chi connectivity index (χ1n) is 2.99. The molecule has 0 aromatic rings. The molecule has 5 nitrogen and oxygen atoms in total. The van der Waals surface area contributed by atoms with Crippen LogP contribution >= 0.6 is 0 Å². The summed E-state index contributed by atoms with van der Waals surface area (Å²) in [4.78, 5) is 20.8. The molecule has 11 heavy (non-hydrogen) atoms. The molecule has 0 aliphatic heterocycles. The van der Waals surface area contributed by atoms with E-state index >= 15 is 0 Å². The van der Waals surface area contributed by atoms with Gasteiger partial charge < -0.3 is 10.8 Å². The smallest absolute Gasteiger partial charge is 0.480 e. The zero-order valence-corrected chi connectivity index (χ0v) is 6.07. The van der Waals surface area contributed by atoms with Crippen molar-refractivity contribution in [2.45, 2.75) is 19.0 Å². The van der Waals surface area contributed by atoms with Crippen LogP contribution in [0.1, 0.15) is 6.92 Å². The molecule has 0 aromatic carbocycles. The Kier molecular flexibility index (Phi) is 3.53. The van der Waals surface area contributed by atoms with Crippen LogP contribution in [0.2, 0.25) is 0 Å². The summed E-state index contributed by atoms with van der Waals surface area (Å²) in [5, 5.41) is 10.2. The maximum Gasteiger partial charge on any atom is 0.557 e. The Labute approximate surface area is 64.6 Å². The van der Waals surface area contributed by atoms with E-state index in [1.165, 1.54) is 6.92 Å². The predicted octanol–water partition coefficient (Wildman–Crippen LogP) is -1.39. The number of amides is 1. The maximum absolute atomic E-state index is 10.7. The van der Waals surface area contributed by atoms with Gasteiger partial charge in [-0.1, -0.05) is 0 Å². The van der Waals surface area contributed by atoms with Crippen molar-refractivity contribution in [2.24, 2.45) is 5.73 Å². The number of carbonyl (C=O) groups is 2. The van der Waals surface area contributed by atoms with Crippen molar-refractivity contribution >= 4 is 11.9 Å². The number of nitrogens with one attached hydrogen (secondary N) is 1. The van der Waals surface area contributed by atoms with Crippen LogP contribution in [0, 0.1) is 6.92 Å². The monoisotopic (exact) mass is 158 g/mol. The van der Waals surface area contributed by atoms with E-state index in [0.29, 0.717) is 0 Å². The molecule has 0 aliphatic carbocycles. The largest absolute Gasteiger partial charge is 0.557 e. The topological polar surface area (TPSA) is 95.3 Å². The summed E-state index contributed by atoms with van der Waals surface area (Å²) in [5.74, 6) is -1.88. The predicted molar refractivity (Wildman–Crippen MR) is 37.5 cm³/mol. The third kappa shape index (κ3) is 3.57. The van der Waals surface area contributed by atoms with E-state index in [4.69, 9.17) is 17.8 Å². The van der Waals surface area contributed by atoms with Gasteiger partial charge >= 0.3 is 11.9 Å². The van der Waals surface area contributed by atoms with E-state index < -0.39 is 24.0 Å². The lowest BCUT2D eigenvalue weighted by atomic mass is 10.3. The van der Waals surface area contributed by atoms with Gasteiger partial charge in [0.25, 0.3) is 0 Å². The Balaban J connectivity index is 3.85. The summed E-state index contributed by atoms with van der Waals surface area (Å²) in [6, 6.07) is -2.13. The van der Waals surface area contributed by atoms with Gasteiger partial charge in [0.2, 0.25) is 4.79 Å². The average molecular weight is 158 g/mol. The fourth-order valence-corrected chi connectivity index (χ4v) is 0.346. The minimum absolute atomic E-state index is 0.583. The van der Waals surface area contributed by atoms with Crippen LogP contribution in [0.5, 0.6) is 0 Å². The van der Waals surface area contributed by atoms with Crippen molar-refractivity contribution < 1.29 is 14.7 Å². The van der Waals surface area contributed by atoms with Crippen LogP contribution in [0.15, 0.2) is 0 Å². The Morgan fingerprint density at radius 1 is 1.82 bits per heavy atom. The van der Waals surface area contributed by atoms with Crippen molar-refractivity contribution in [3.05, 3.63) is 6.92 Å². The second-order valence-corrected chi connectivity index (χ2v) is 2.11. The fourth-order valence-electron chi connectivity index (χ4n) is 0.346. The molecule has 0 heterocycles. The quantitative estimate of drug-likeness (QED) is 0.441. The second-order valence-electron chi connectivity index (χ2n) is 2.11. The van der Waals surface area contributed by atoms with Gasteiger partial charge in [-0.05, 0) is 6.92 Å². The molecule has 3 radical (unpaired) electrons. The zero-order valence-electron chi connectivity index (χ0n) is 6.07. The van der Waals surface area contributed by atoms with Gasteiger partial charge in [0.05, 0.1) is 0 Å². The van der Waals surface area contributed by atoms with Crippen LogP contribution in [-0.4, -0.2) is 29.1 Å². The summed E-state index contributed by atoms with van der Waals surface area (Å²) >= 11 is 0. The van der Waals surface area contributed by atoms with E-state index in [-0.39, 0.29) is 0 Å². The van der Waals surface area contributed by atoms with Crippen LogP contribution in [-0.2, 0) is 9.59 Å². The molecule has 0 spiro atoms. The van der Waals surface area contributed by atoms with Crippen molar-refractivity contribution in [2.75, 3.05) is 0 Å². The van der Waals surface area contributed by atoms with E-state index in [1.807, 2.05) is 5.32 Å². The molecule has 0 aliphatic rings. The normalized spacial score (nSPS) is 15.2. The van der Waals surface area contributed by atoms with Gasteiger partial charge in [0.15, 0.2) is 6.04 Å². The van der Waals surface area contributed by atoms with Gasteiger partial charge in [0, 0.05) is 6.92 Å². The molecule has 0 saturated heterocycles. The minimum Gasteiger partial charge on any atom is -0.480 e.